The zero-order valence-corrected chi connectivity index (χ0v) is 11.4. The zero-order chi connectivity index (χ0) is 12.7. The molecule has 0 heterocycles. The number of carbonyl (C=O) groups excluding carboxylic acids is 1. The number of hydrogen-bond acceptors (Lipinski definition) is 2. The van der Waals surface area contributed by atoms with E-state index in [1.165, 1.54) is 12.8 Å². The van der Waals surface area contributed by atoms with Gasteiger partial charge in [0.2, 0.25) is 5.91 Å². The van der Waals surface area contributed by atoms with Crippen LogP contribution in [-0.2, 0) is 4.79 Å². The van der Waals surface area contributed by atoms with Gasteiger partial charge in [0.15, 0.2) is 0 Å². The normalized spacial score (nSPS) is 25.8. The summed E-state index contributed by atoms with van der Waals surface area (Å²) in [6, 6.07) is 0.448. The summed E-state index contributed by atoms with van der Waals surface area (Å²) in [4.78, 5) is 12.1. The third-order valence-corrected chi connectivity index (χ3v) is 3.80. The molecule has 1 rings (SSSR count). The Bertz CT molecular complexity index is 230. The molecule has 0 aromatic carbocycles. The molecule has 0 radical (unpaired) electrons. The number of rotatable bonds is 7. The summed E-state index contributed by atoms with van der Waals surface area (Å²) < 4.78 is 0. The van der Waals surface area contributed by atoms with Gasteiger partial charge in [-0.15, -0.1) is 0 Å². The van der Waals surface area contributed by atoms with Gasteiger partial charge in [0.05, 0.1) is 5.92 Å². The SMILES string of the molecule is CCCCC(CCC)NC(=O)C1CCCC1N. The van der Waals surface area contributed by atoms with Gasteiger partial charge < -0.3 is 11.1 Å². The van der Waals surface area contributed by atoms with Gasteiger partial charge in [-0.2, -0.15) is 0 Å². The van der Waals surface area contributed by atoms with E-state index in [1.54, 1.807) is 0 Å². The Kier molecular flexibility index (Phi) is 6.56. The number of unbranched alkanes of at least 4 members (excludes halogenated alkanes) is 1. The van der Waals surface area contributed by atoms with Crippen molar-refractivity contribution in [1.82, 2.24) is 5.32 Å². The van der Waals surface area contributed by atoms with Crippen LogP contribution >= 0.6 is 0 Å². The number of hydrogen-bond donors (Lipinski definition) is 2. The Morgan fingerprint density at radius 3 is 2.59 bits per heavy atom. The molecule has 1 aliphatic rings. The lowest BCUT2D eigenvalue weighted by Gasteiger charge is -2.22. The van der Waals surface area contributed by atoms with Crippen LogP contribution in [0.4, 0.5) is 0 Å². The molecule has 0 aliphatic heterocycles. The summed E-state index contributed by atoms with van der Waals surface area (Å²) in [6.07, 6.45) is 8.80. The van der Waals surface area contributed by atoms with Gasteiger partial charge in [-0.3, -0.25) is 4.79 Å². The summed E-state index contributed by atoms with van der Waals surface area (Å²) >= 11 is 0. The molecular formula is C14H28N2O. The van der Waals surface area contributed by atoms with Crippen LogP contribution in [0.15, 0.2) is 0 Å². The second kappa shape index (κ2) is 7.70. The number of nitrogens with one attached hydrogen (secondary N) is 1. The molecule has 1 aliphatic carbocycles. The van der Waals surface area contributed by atoms with E-state index in [0.717, 1.165) is 38.5 Å². The van der Waals surface area contributed by atoms with Crippen LogP contribution in [0.1, 0.15) is 65.2 Å². The molecule has 1 saturated carbocycles. The van der Waals surface area contributed by atoms with E-state index in [1.807, 2.05) is 0 Å². The third-order valence-electron chi connectivity index (χ3n) is 3.80. The molecule has 0 aromatic rings. The van der Waals surface area contributed by atoms with Gasteiger partial charge in [-0.25, -0.2) is 0 Å². The monoisotopic (exact) mass is 240 g/mol. The molecule has 0 spiro atoms. The zero-order valence-electron chi connectivity index (χ0n) is 11.4. The second-order valence-electron chi connectivity index (χ2n) is 5.34. The van der Waals surface area contributed by atoms with Crippen LogP contribution in [0.5, 0.6) is 0 Å². The van der Waals surface area contributed by atoms with Gasteiger partial charge in [0.1, 0.15) is 0 Å². The lowest BCUT2D eigenvalue weighted by molar-refractivity contribution is -0.126. The van der Waals surface area contributed by atoms with Crippen molar-refractivity contribution >= 4 is 5.91 Å². The molecule has 17 heavy (non-hydrogen) atoms. The first-order chi connectivity index (χ1) is 8.19. The number of amides is 1. The average molecular weight is 240 g/mol. The van der Waals surface area contributed by atoms with E-state index in [0.29, 0.717) is 6.04 Å². The Balaban J connectivity index is 2.39. The molecule has 1 fully saturated rings. The maximum Gasteiger partial charge on any atom is 0.224 e. The van der Waals surface area contributed by atoms with E-state index in [9.17, 15) is 4.79 Å². The summed E-state index contributed by atoms with van der Waals surface area (Å²) in [7, 11) is 0. The van der Waals surface area contributed by atoms with Crippen molar-refractivity contribution < 1.29 is 4.79 Å². The topological polar surface area (TPSA) is 55.1 Å². The van der Waals surface area contributed by atoms with Crippen LogP contribution < -0.4 is 11.1 Å². The van der Waals surface area contributed by atoms with Crippen molar-refractivity contribution in [3.05, 3.63) is 0 Å². The predicted octanol–water partition coefficient (Wildman–Crippen LogP) is 2.59. The summed E-state index contributed by atoms with van der Waals surface area (Å²) in [6.45, 7) is 4.37. The molecule has 3 nitrogen and oxygen atoms in total. The maximum atomic E-state index is 12.1. The first kappa shape index (κ1) is 14.5. The van der Waals surface area contributed by atoms with Crippen molar-refractivity contribution in [2.45, 2.75) is 77.3 Å². The van der Waals surface area contributed by atoms with E-state index in [-0.39, 0.29) is 17.9 Å². The summed E-state index contributed by atoms with van der Waals surface area (Å²) in [5.41, 5.74) is 5.97. The first-order valence-electron chi connectivity index (χ1n) is 7.25. The highest BCUT2D eigenvalue weighted by molar-refractivity contribution is 5.80. The fourth-order valence-corrected chi connectivity index (χ4v) is 2.71. The Labute approximate surface area is 106 Å². The number of nitrogens with two attached hydrogens (primary N) is 1. The molecule has 0 saturated heterocycles. The molecule has 1 amide bonds. The molecule has 3 heteroatoms. The van der Waals surface area contributed by atoms with Crippen molar-refractivity contribution in [3.63, 3.8) is 0 Å². The van der Waals surface area contributed by atoms with Crippen LogP contribution in [0.25, 0.3) is 0 Å². The fraction of sp³-hybridized carbons (Fsp3) is 0.929. The van der Waals surface area contributed by atoms with Gasteiger partial charge in [-0.05, 0) is 25.7 Å². The van der Waals surface area contributed by atoms with Crippen LogP contribution in [0, 0.1) is 5.92 Å². The average Bonchev–Trinajstić information content (AvgIpc) is 2.72. The van der Waals surface area contributed by atoms with Crippen LogP contribution in [0.3, 0.4) is 0 Å². The highest BCUT2D eigenvalue weighted by atomic mass is 16.2. The van der Waals surface area contributed by atoms with Gasteiger partial charge in [0.25, 0.3) is 0 Å². The quantitative estimate of drug-likeness (QED) is 0.718. The second-order valence-corrected chi connectivity index (χ2v) is 5.34. The molecule has 3 N–H and O–H groups in total. The maximum absolute atomic E-state index is 12.1. The predicted molar refractivity (Wildman–Crippen MR) is 71.7 cm³/mol. The van der Waals surface area contributed by atoms with Crippen LogP contribution in [0.2, 0.25) is 0 Å². The Morgan fingerprint density at radius 1 is 1.29 bits per heavy atom. The molecule has 3 unspecified atom stereocenters. The number of carbonyl (C=O) groups is 1. The van der Waals surface area contributed by atoms with Gasteiger partial charge >= 0.3 is 0 Å². The standard InChI is InChI=1S/C14H28N2O/c1-3-5-8-11(7-4-2)16-14(17)12-9-6-10-13(12)15/h11-13H,3-10,15H2,1-2H3,(H,16,17). The molecule has 100 valence electrons. The minimum absolute atomic E-state index is 0.0657. The van der Waals surface area contributed by atoms with E-state index < -0.39 is 0 Å². The smallest absolute Gasteiger partial charge is 0.224 e. The largest absolute Gasteiger partial charge is 0.353 e. The molecular weight excluding hydrogens is 212 g/mol. The minimum atomic E-state index is 0.0657. The fourth-order valence-electron chi connectivity index (χ4n) is 2.71. The van der Waals surface area contributed by atoms with Crippen molar-refractivity contribution in [1.29, 1.82) is 0 Å². The first-order valence-corrected chi connectivity index (χ1v) is 7.25. The molecule has 0 bridgehead atoms. The molecule has 3 atom stereocenters. The van der Waals surface area contributed by atoms with Crippen molar-refractivity contribution in [2.24, 2.45) is 11.7 Å². The minimum Gasteiger partial charge on any atom is -0.353 e. The van der Waals surface area contributed by atoms with Crippen molar-refractivity contribution in [2.75, 3.05) is 0 Å². The summed E-state index contributed by atoms with van der Waals surface area (Å²) in [5.74, 6) is 0.264. The van der Waals surface area contributed by atoms with Crippen LogP contribution in [-0.4, -0.2) is 18.0 Å². The van der Waals surface area contributed by atoms with Crippen molar-refractivity contribution in [3.8, 4) is 0 Å². The van der Waals surface area contributed by atoms with Gasteiger partial charge in [0, 0.05) is 12.1 Å². The Morgan fingerprint density at radius 2 is 2.06 bits per heavy atom. The molecule has 0 aromatic heterocycles. The lowest BCUT2D eigenvalue weighted by Crippen LogP contribution is -2.43. The highest BCUT2D eigenvalue weighted by Crippen LogP contribution is 2.24. The van der Waals surface area contributed by atoms with Gasteiger partial charge in [-0.1, -0.05) is 39.5 Å². The lowest BCUT2D eigenvalue weighted by atomic mass is 10.0. The highest BCUT2D eigenvalue weighted by Gasteiger charge is 2.30. The third kappa shape index (κ3) is 4.66. The summed E-state index contributed by atoms with van der Waals surface area (Å²) in [5, 5.41) is 3.21. The van der Waals surface area contributed by atoms with E-state index >= 15 is 0 Å². The van der Waals surface area contributed by atoms with E-state index in [2.05, 4.69) is 19.2 Å². The Hall–Kier alpha value is -0.570. The van der Waals surface area contributed by atoms with E-state index in [4.69, 9.17) is 5.73 Å².